The number of hydrogen-bond donors (Lipinski definition) is 0. The zero-order chi connectivity index (χ0) is 15.5. The lowest BCUT2D eigenvalue weighted by molar-refractivity contribution is -0.117. The van der Waals surface area contributed by atoms with Gasteiger partial charge in [-0.25, -0.2) is 0 Å². The molecule has 0 spiro atoms. The highest BCUT2D eigenvalue weighted by atomic mass is 32.2. The van der Waals surface area contributed by atoms with Gasteiger partial charge in [-0.1, -0.05) is 23.9 Å². The molecule has 0 aromatic heterocycles. The molecule has 1 unspecified atom stereocenters. The van der Waals surface area contributed by atoms with Gasteiger partial charge in [0.25, 0.3) is 0 Å². The maximum atomic E-state index is 12.4. The van der Waals surface area contributed by atoms with Gasteiger partial charge in [-0.3, -0.25) is 9.59 Å². The highest BCUT2D eigenvalue weighted by Gasteiger charge is 2.32. The lowest BCUT2D eigenvalue weighted by Gasteiger charge is -2.26. The predicted octanol–water partition coefficient (Wildman–Crippen LogP) is 2.92. The molecule has 3 rings (SSSR count). The van der Waals surface area contributed by atoms with E-state index in [1.54, 1.807) is 6.92 Å². The lowest BCUT2D eigenvalue weighted by Crippen LogP contribution is -2.28. The van der Waals surface area contributed by atoms with Crippen LogP contribution < -0.4 is 9.80 Å². The van der Waals surface area contributed by atoms with Crippen LogP contribution in [0.1, 0.15) is 26.2 Å². The number of carbonyl (C=O) groups is 2. The quantitative estimate of drug-likeness (QED) is 0.856. The van der Waals surface area contributed by atoms with Crippen LogP contribution in [0.3, 0.4) is 0 Å². The van der Waals surface area contributed by atoms with Crippen molar-refractivity contribution in [3.05, 3.63) is 24.3 Å². The minimum Gasteiger partial charge on any atom is -0.370 e. The summed E-state index contributed by atoms with van der Waals surface area (Å²) in [5.41, 5.74) is 2.21. The minimum absolute atomic E-state index is 0.128. The number of benzene rings is 1. The average molecular weight is 318 g/mol. The molecule has 0 N–H and O–H groups in total. The molecule has 0 radical (unpaired) electrons. The summed E-state index contributed by atoms with van der Waals surface area (Å²) in [6, 6.07) is 8.21. The van der Waals surface area contributed by atoms with Crippen molar-refractivity contribution in [2.45, 2.75) is 26.2 Å². The van der Waals surface area contributed by atoms with E-state index in [4.69, 9.17) is 0 Å². The van der Waals surface area contributed by atoms with Crippen LogP contribution in [0.2, 0.25) is 0 Å². The molecule has 118 valence electrons. The van der Waals surface area contributed by atoms with Crippen molar-refractivity contribution in [1.29, 1.82) is 0 Å². The van der Waals surface area contributed by atoms with Crippen LogP contribution >= 0.6 is 11.8 Å². The Balaban J connectivity index is 1.76. The van der Waals surface area contributed by atoms with Gasteiger partial charge >= 0.3 is 0 Å². The van der Waals surface area contributed by atoms with E-state index in [9.17, 15) is 9.59 Å². The number of para-hydroxylation sites is 2. The number of nitrogens with zero attached hydrogens (tertiary/aromatic N) is 2. The molecule has 2 saturated heterocycles. The van der Waals surface area contributed by atoms with Gasteiger partial charge < -0.3 is 9.80 Å². The van der Waals surface area contributed by atoms with E-state index in [2.05, 4.69) is 11.0 Å². The molecule has 2 aliphatic heterocycles. The first-order valence-electron chi connectivity index (χ1n) is 7.93. The summed E-state index contributed by atoms with van der Waals surface area (Å²) in [5.74, 6) is 1.19. The van der Waals surface area contributed by atoms with Gasteiger partial charge in [0, 0.05) is 38.7 Å². The molecule has 2 heterocycles. The third-order valence-corrected chi connectivity index (χ3v) is 5.39. The van der Waals surface area contributed by atoms with Crippen LogP contribution in [0.5, 0.6) is 0 Å². The second-order valence-corrected chi connectivity index (χ2v) is 7.26. The summed E-state index contributed by atoms with van der Waals surface area (Å²) in [6.07, 6.45) is 2.99. The van der Waals surface area contributed by atoms with E-state index >= 15 is 0 Å². The van der Waals surface area contributed by atoms with E-state index in [0.717, 1.165) is 31.1 Å². The molecule has 0 saturated carbocycles. The van der Waals surface area contributed by atoms with Gasteiger partial charge in [0.15, 0.2) is 5.12 Å². The third kappa shape index (κ3) is 3.29. The molecule has 1 amide bonds. The monoisotopic (exact) mass is 318 g/mol. The third-order valence-electron chi connectivity index (χ3n) is 4.35. The Kier molecular flexibility index (Phi) is 4.71. The average Bonchev–Trinajstić information content (AvgIpc) is 3.14. The fourth-order valence-electron chi connectivity index (χ4n) is 3.28. The molecule has 5 heteroatoms. The van der Waals surface area contributed by atoms with E-state index in [1.165, 1.54) is 30.3 Å². The molecule has 0 aliphatic carbocycles. The zero-order valence-corrected chi connectivity index (χ0v) is 13.8. The summed E-state index contributed by atoms with van der Waals surface area (Å²) in [4.78, 5) is 27.8. The summed E-state index contributed by atoms with van der Waals surface area (Å²) in [7, 11) is 0. The number of thioether (sulfide) groups is 1. The van der Waals surface area contributed by atoms with Crippen LogP contribution in [0.15, 0.2) is 24.3 Å². The van der Waals surface area contributed by atoms with Crippen molar-refractivity contribution >= 4 is 34.2 Å². The number of amides is 1. The number of carbonyl (C=O) groups excluding carboxylic acids is 2. The number of hydrogen-bond acceptors (Lipinski definition) is 4. The van der Waals surface area contributed by atoms with Gasteiger partial charge in [-0.2, -0.15) is 0 Å². The first-order chi connectivity index (χ1) is 10.6. The summed E-state index contributed by atoms with van der Waals surface area (Å²) in [6.45, 7) is 4.46. The van der Waals surface area contributed by atoms with Crippen LogP contribution in [-0.4, -0.2) is 36.4 Å². The van der Waals surface area contributed by atoms with Crippen LogP contribution in [0.25, 0.3) is 0 Å². The lowest BCUT2D eigenvalue weighted by atomic mass is 10.1. The fourth-order valence-corrected chi connectivity index (χ4v) is 3.97. The minimum atomic E-state index is 0.128. The van der Waals surface area contributed by atoms with Gasteiger partial charge in [0.05, 0.1) is 11.4 Å². The Morgan fingerprint density at radius 3 is 2.59 bits per heavy atom. The topological polar surface area (TPSA) is 40.6 Å². The largest absolute Gasteiger partial charge is 0.370 e. The molecule has 1 atom stereocenters. The smallest absolute Gasteiger partial charge is 0.227 e. The van der Waals surface area contributed by atoms with Gasteiger partial charge in [0.2, 0.25) is 5.91 Å². The van der Waals surface area contributed by atoms with Crippen molar-refractivity contribution in [1.82, 2.24) is 0 Å². The first-order valence-corrected chi connectivity index (χ1v) is 8.91. The molecule has 1 aromatic rings. The molecule has 0 bridgehead atoms. The first kappa shape index (κ1) is 15.4. The van der Waals surface area contributed by atoms with E-state index in [1.807, 2.05) is 23.1 Å². The van der Waals surface area contributed by atoms with Crippen LogP contribution in [-0.2, 0) is 9.59 Å². The van der Waals surface area contributed by atoms with Crippen molar-refractivity contribution in [3.8, 4) is 0 Å². The van der Waals surface area contributed by atoms with Crippen molar-refractivity contribution in [2.24, 2.45) is 5.92 Å². The highest BCUT2D eigenvalue weighted by Crippen LogP contribution is 2.35. The molecule has 2 fully saturated rings. The Morgan fingerprint density at radius 1 is 1.23 bits per heavy atom. The Morgan fingerprint density at radius 2 is 1.91 bits per heavy atom. The molecule has 2 aliphatic rings. The molecule has 22 heavy (non-hydrogen) atoms. The standard InChI is InChI=1S/C17H22N2O2S/c1-13(20)22-12-14-10-17(21)19(11-14)16-7-3-2-6-15(16)18-8-4-5-9-18/h2-3,6-7,14H,4-5,8-12H2,1H3. The van der Waals surface area contributed by atoms with Crippen molar-refractivity contribution in [3.63, 3.8) is 0 Å². The normalized spacial score (nSPS) is 21.7. The Bertz CT molecular complexity index is 570. The van der Waals surface area contributed by atoms with E-state index < -0.39 is 0 Å². The maximum absolute atomic E-state index is 12.4. The Hall–Kier alpha value is -1.49. The molecule has 1 aromatic carbocycles. The summed E-state index contributed by atoms with van der Waals surface area (Å²) >= 11 is 1.33. The number of rotatable bonds is 4. The van der Waals surface area contributed by atoms with Gasteiger partial charge in [-0.15, -0.1) is 0 Å². The summed E-state index contributed by atoms with van der Waals surface area (Å²) < 4.78 is 0. The van der Waals surface area contributed by atoms with Crippen LogP contribution in [0.4, 0.5) is 11.4 Å². The zero-order valence-electron chi connectivity index (χ0n) is 13.0. The molecular weight excluding hydrogens is 296 g/mol. The van der Waals surface area contributed by atoms with Gasteiger partial charge in [0.1, 0.15) is 0 Å². The second-order valence-electron chi connectivity index (χ2n) is 6.06. The number of anilines is 2. The predicted molar refractivity (Wildman–Crippen MR) is 91.5 cm³/mol. The van der Waals surface area contributed by atoms with E-state index in [0.29, 0.717) is 6.42 Å². The highest BCUT2D eigenvalue weighted by molar-refractivity contribution is 8.13. The fraction of sp³-hybridized carbons (Fsp3) is 0.529. The van der Waals surface area contributed by atoms with Crippen molar-refractivity contribution < 1.29 is 9.59 Å². The molecule has 4 nitrogen and oxygen atoms in total. The van der Waals surface area contributed by atoms with Gasteiger partial charge in [-0.05, 0) is 30.9 Å². The molecular formula is C17H22N2O2S. The second kappa shape index (κ2) is 6.73. The van der Waals surface area contributed by atoms with Crippen molar-refractivity contribution in [2.75, 3.05) is 35.2 Å². The Labute approximate surface area is 135 Å². The summed E-state index contributed by atoms with van der Waals surface area (Å²) in [5, 5.41) is 0.128. The van der Waals surface area contributed by atoms with E-state index in [-0.39, 0.29) is 16.9 Å². The SMILES string of the molecule is CC(=O)SCC1CC(=O)N(c2ccccc2N2CCCC2)C1. The van der Waals surface area contributed by atoms with Crippen LogP contribution in [0, 0.1) is 5.92 Å². The maximum Gasteiger partial charge on any atom is 0.227 e.